The molecule has 3 aromatic rings. The van der Waals surface area contributed by atoms with Crippen molar-refractivity contribution in [2.24, 2.45) is 0 Å². The van der Waals surface area contributed by atoms with Gasteiger partial charge in [0.15, 0.2) is 0 Å². The molecular weight excluding hydrogens is 412 g/mol. The normalized spacial score (nSPS) is 10.2. The monoisotopic (exact) mass is 426 g/mol. The Morgan fingerprint density at radius 3 is 2.47 bits per heavy atom. The SMILES string of the molecule is Cc1c[c-]c(-c2nc(C)c3ccccc3n2)cc1.[Ir]. The van der Waals surface area contributed by atoms with E-state index in [2.05, 4.69) is 22.1 Å². The summed E-state index contributed by atoms with van der Waals surface area (Å²) in [6.45, 7) is 4.06. The van der Waals surface area contributed by atoms with E-state index in [4.69, 9.17) is 0 Å². The van der Waals surface area contributed by atoms with Gasteiger partial charge in [0.1, 0.15) is 0 Å². The largest absolute Gasteiger partial charge is 0.281 e. The summed E-state index contributed by atoms with van der Waals surface area (Å²) in [7, 11) is 0. The number of aromatic nitrogens is 2. The van der Waals surface area contributed by atoms with Gasteiger partial charge in [-0.2, -0.15) is 0 Å². The van der Waals surface area contributed by atoms with E-state index >= 15 is 0 Å². The van der Waals surface area contributed by atoms with Crippen LogP contribution in [0, 0.1) is 19.9 Å². The molecule has 0 bridgehead atoms. The first-order valence-electron chi connectivity index (χ1n) is 5.96. The fraction of sp³-hybridized carbons (Fsp3) is 0.125. The Balaban J connectivity index is 0.00000133. The van der Waals surface area contributed by atoms with E-state index in [1.807, 2.05) is 50.2 Å². The minimum Gasteiger partial charge on any atom is -0.281 e. The third kappa shape index (κ3) is 2.73. The Morgan fingerprint density at radius 2 is 1.74 bits per heavy atom. The van der Waals surface area contributed by atoms with Crippen molar-refractivity contribution in [3.8, 4) is 11.4 Å². The molecule has 0 saturated heterocycles. The maximum Gasteiger partial charge on any atom is 0.0759 e. The minimum absolute atomic E-state index is 0. The Labute approximate surface area is 126 Å². The van der Waals surface area contributed by atoms with Crippen molar-refractivity contribution in [3.05, 3.63) is 59.8 Å². The predicted molar refractivity (Wildman–Crippen MR) is 73.3 cm³/mol. The summed E-state index contributed by atoms with van der Waals surface area (Å²) in [6.07, 6.45) is 0. The van der Waals surface area contributed by atoms with E-state index in [1.54, 1.807) is 0 Å². The van der Waals surface area contributed by atoms with Gasteiger partial charge in [-0.25, -0.2) is 0 Å². The predicted octanol–water partition coefficient (Wildman–Crippen LogP) is 3.71. The molecule has 97 valence electrons. The van der Waals surface area contributed by atoms with Crippen molar-refractivity contribution in [1.29, 1.82) is 0 Å². The van der Waals surface area contributed by atoms with Crippen molar-refractivity contribution in [2.75, 3.05) is 0 Å². The first-order chi connectivity index (χ1) is 8.74. The second kappa shape index (κ2) is 5.60. The van der Waals surface area contributed by atoms with Crippen molar-refractivity contribution in [2.45, 2.75) is 13.8 Å². The van der Waals surface area contributed by atoms with Crippen LogP contribution in [0.15, 0.2) is 42.5 Å². The van der Waals surface area contributed by atoms with Gasteiger partial charge in [0.05, 0.1) is 11.3 Å². The zero-order valence-corrected chi connectivity index (χ0v) is 13.2. The molecule has 1 aromatic heterocycles. The van der Waals surface area contributed by atoms with Crippen molar-refractivity contribution < 1.29 is 20.1 Å². The molecular formula is C16H13IrN2-. The van der Waals surface area contributed by atoms with Gasteiger partial charge in [-0.1, -0.05) is 25.1 Å². The summed E-state index contributed by atoms with van der Waals surface area (Å²) < 4.78 is 0. The first kappa shape index (κ1) is 13.9. The van der Waals surface area contributed by atoms with E-state index in [-0.39, 0.29) is 20.1 Å². The molecule has 2 nitrogen and oxygen atoms in total. The van der Waals surface area contributed by atoms with Crippen molar-refractivity contribution in [3.63, 3.8) is 0 Å². The molecule has 0 unspecified atom stereocenters. The minimum atomic E-state index is 0. The molecule has 0 N–H and O–H groups in total. The molecule has 0 aliphatic heterocycles. The standard InChI is InChI=1S/C16H13N2.Ir/c1-11-7-9-13(10-8-11)16-17-12(2)14-5-3-4-6-15(14)18-16;/h3-9H,1-2H3;/q-1;. The third-order valence-electron chi connectivity index (χ3n) is 3.00. The molecule has 0 spiro atoms. The maximum absolute atomic E-state index is 4.59. The van der Waals surface area contributed by atoms with Crippen LogP contribution in [0.2, 0.25) is 0 Å². The number of benzene rings is 2. The zero-order valence-electron chi connectivity index (χ0n) is 10.8. The fourth-order valence-corrected chi connectivity index (χ4v) is 2.00. The van der Waals surface area contributed by atoms with E-state index in [0.29, 0.717) is 0 Å². The Hall–Kier alpha value is -1.57. The summed E-state index contributed by atoms with van der Waals surface area (Å²) in [6, 6.07) is 17.3. The Morgan fingerprint density at radius 1 is 0.947 bits per heavy atom. The van der Waals surface area contributed by atoms with Crippen LogP contribution >= 0.6 is 0 Å². The number of aryl methyl sites for hydroxylation is 2. The van der Waals surface area contributed by atoms with E-state index < -0.39 is 0 Å². The number of fused-ring (bicyclic) bond motifs is 1. The Bertz CT molecular complexity index is 706. The Kier molecular flexibility index (Phi) is 4.08. The van der Waals surface area contributed by atoms with Gasteiger partial charge < -0.3 is 0 Å². The van der Waals surface area contributed by atoms with Gasteiger partial charge in [-0.15, -0.1) is 35.4 Å². The number of nitrogens with zero attached hydrogens (tertiary/aromatic N) is 2. The molecule has 0 saturated carbocycles. The summed E-state index contributed by atoms with van der Waals surface area (Å²) in [5, 5.41) is 1.10. The summed E-state index contributed by atoms with van der Waals surface area (Å²) in [4.78, 5) is 9.15. The van der Waals surface area contributed by atoms with Gasteiger partial charge >= 0.3 is 0 Å². The maximum atomic E-state index is 4.59. The smallest absolute Gasteiger partial charge is 0.0759 e. The first-order valence-corrected chi connectivity index (χ1v) is 5.96. The van der Waals surface area contributed by atoms with Crippen LogP contribution in [0.1, 0.15) is 11.3 Å². The van der Waals surface area contributed by atoms with E-state index in [1.165, 1.54) is 5.56 Å². The molecule has 0 atom stereocenters. The zero-order chi connectivity index (χ0) is 12.5. The molecule has 0 fully saturated rings. The van der Waals surface area contributed by atoms with Gasteiger partial charge in [0.2, 0.25) is 0 Å². The molecule has 0 aliphatic rings. The summed E-state index contributed by atoms with van der Waals surface area (Å²) in [5.41, 5.74) is 4.12. The number of para-hydroxylation sites is 1. The van der Waals surface area contributed by atoms with Crippen LogP contribution in [-0.4, -0.2) is 9.97 Å². The quantitative estimate of drug-likeness (QED) is 0.556. The van der Waals surface area contributed by atoms with Crippen LogP contribution in [0.3, 0.4) is 0 Å². The molecule has 0 aliphatic carbocycles. The molecule has 1 heterocycles. The number of hydrogen-bond donors (Lipinski definition) is 0. The molecule has 0 amide bonds. The number of rotatable bonds is 1. The molecule has 2 aromatic carbocycles. The second-order valence-corrected chi connectivity index (χ2v) is 4.43. The van der Waals surface area contributed by atoms with E-state index in [0.717, 1.165) is 28.0 Å². The van der Waals surface area contributed by atoms with Crippen molar-refractivity contribution in [1.82, 2.24) is 9.97 Å². The second-order valence-electron chi connectivity index (χ2n) is 4.43. The molecule has 3 heteroatoms. The van der Waals surface area contributed by atoms with Gasteiger partial charge in [-0.3, -0.25) is 9.97 Å². The molecule has 1 radical (unpaired) electrons. The average Bonchev–Trinajstić information content (AvgIpc) is 2.39. The van der Waals surface area contributed by atoms with Crippen LogP contribution < -0.4 is 0 Å². The van der Waals surface area contributed by atoms with Crippen LogP contribution in [0.25, 0.3) is 22.3 Å². The fourth-order valence-electron chi connectivity index (χ4n) is 2.00. The molecule has 3 rings (SSSR count). The number of hydrogen-bond acceptors (Lipinski definition) is 2. The van der Waals surface area contributed by atoms with Crippen LogP contribution in [0.4, 0.5) is 0 Å². The van der Waals surface area contributed by atoms with Crippen LogP contribution in [-0.2, 0) is 20.1 Å². The van der Waals surface area contributed by atoms with Crippen molar-refractivity contribution >= 4 is 10.9 Å². The summed E-state index contributed by atoms with van der Waals surface area (Å²) in [5.74, 6) is 0.742. The van der Waals surface area contributed by atoms with Gasteiger partial charge in [0.25, 0.3) is 0 Å². The third-order valence-corrected chi connectivity index (χ3v) is 3.00. The average molecular weight is 426 g/mol. The van der Waals surface area contributed by atoms with Gasteiger partial charge in [-0.05, 0) is 13.0 Å². The summed E-state index contributed by atoms with van der Waals surface area (Å²) >= 11 is 0. The van der Waals surface area contributed by atoms with E-state index in [9.17, 15) is 0 Å². The van der Waals surface area contributed by atoms with Crippen LogP contribution in [0.5, 0.6) is 0 Å². The van der Waals surface area contributed by atoms with Gasteiger partial charge in [0, 0.05) is 31.2 Å². The topological polar surface area (TPSA) is 25.8 Å². The molecule has 19 heavy (non-hydrogen) atoms.